The second-order valence-corrected chi connectivity index (χ2v) is 12.0. The van der Waals surface area contributed by atoms with Gasteiger partial charge >= 0.3 is 0 Å². The highest BCUT2D eigenvalue weighted by Gasteiger charge is 2.36. The normalized spacial score (nSPS) is 13.0. The van der Waals surface area contributed by atoms with Gasteiger partial charge in [-0.1, -0.05) is 54.6 Å². The maximum absolute atomic E-state index is 13.8. The number of aromatic nitrogens is 1. The Bertz CT molecular complexity index is 1960. The van der Waals surface area contributed by atoms with Crippen molar-refractivity contribution >= 4 is 49.2 Å². The van der Waals surface area contributed by atoms with Gasteiger partial charge in [0, 0.05) is 33.7 Å². The van der Waals surface area contributed by atoms with Gasteiger partial charge in [0.15, 0.2) is 0 Å². The number of hydrogen-bond donors (Lipinski definition) is 1. The quantitative estimate of drug-likeness (QED) is 0.231. The highest BCUT2D eigenvalue weighted by atomic mass is 32.2. The minimum absolute atomic E-state index is 0.119. The molecular weight excluding hydrogens is 566 g/mol. The van der Waals surface area contributed by atoms with Crippen LogP contribution in [0.15, 0.2) is 85.1 Å². The van der Waals surface area contributed by atoms with Gasteiger partial charge in [-0.25, -0.2) is 8.42 Å². The number of amides is 2. The van der Waals surface area contributed by atoms with E-state index >= 15 is 0 Å². The van der Waals surface area contributed by atoms with Crippen LogP contribution in [0.4, 0.5) is 5.69 Å². The SMILES string of the molecule is CCOc1c2c(c(OCC)c3ccccc13)C(=O)N(c1ccc(CS(=O)(=O)NC(=O)Cn3ccc4ccccc43)cc1)C2. The Hall–Kier alpha value is -4.83. The first-order chi connectivity index (χ1) is 20.8. The Morgan fingerprint density at radius 2 is 1.51 bits per heavy atom. The van der Waals surface area contributed by atoms with E-state index in [0.29, 0.717) is 41.5 Å². The van der Waals surface area contributed by atoms with Crippen molar-refractivity contribution < 1.29 is 27.5 Å². The third kappa shape index (κ3) is 5.41. The summed E-state index contributed by atoms with van der Waals surface area (Å²) in [6.45, 7) is 4.80. The Kier molecular flexibility index (Phi) is 7.53. The molecular formula is C33H31N3O6S. The minimum atomic E-state index is -3.95. The van der Waals surface area contributed by atoms with Crippen LogP contribution in [-0.4, -0.2) is 38.0 Å². The lowest BCUT2D eigenvalue weighted by Gasteiger charge is -2.16. The van der Waals surface area contributed by atoms with Crippen LogP contribution in [-0.2, 0) is 33.7 Å². The summed E-state index contributed by atoms with van der Waals surface area (Å²) in [4.78, 5) is 28.0. The van der Waals surface area contributed by atoms with E-state index in [0.717, 1.165) is 27.2 Å². The highest BCUT2D eigenvalue weighted by Crippen LogP contribution is 2.46. The minimum Gasteiger partial charge on any atom is -0.493 e. The first-order valence-corrected chi connectivity index (χ1v) is 15.8. The standard InChI is InChI=1S/C33H31N3O6S/c1-3-41-31-25-10-6-7-11-26(25)32(42-4-2)30-27(31)19-36(33(30)38)24-15-13-22(14-16-24)21-43(39,40)34-29(37)20-35-18-17-23-9-5-8-12-28(23)35/h5-18H,3-4,19-21H2,1-2H3,(H,34,37). The van der Waals surface area contributed by atoms with Crippen molar-refractivity contribution in [3.8, 4) is 11.5 Å². The molecule has 1 N–H and O–H groups in total. The molecule has 0 spiro atoms. The van der Waals surface area contributed by atoms with Crippen LogP contribution >= 0.6 is 0 Å². The molecule has 220 valence electrons. The third-order valence-electron chi connectivity index (χ3n) is 7.44. The van der Waals surface area contributed by atoms with Gasteiger partial charge < -0.3 is 18.9 Å². The molecule has 9 nitrogen and oxygen atoms in total. The molecule has 10 heteroatoms. The van der Waals surface area contributed by atoms with E-state index in [2.05, 4.69) is 4.72 Å². The van der Waals surface area contributed by atoms with E-state index in [1.807, 2.05) is 68.4 Å². The summed E-state index contributed by atoms with van der Waals surface area (Å²) in [6, 6.07) is 23.9. The second kappa shape index (κ2) is 11.4. The van der Waals surface area contributed by atoms with Crippen molar-refractivity contribution in [2.24, 2.45) is 0 Å². The largest absolute Gasteiger partial charge is 0.493 e. The molecule has 0 aliphatic carbocycles. The number of anilines is 1. The molecule has 1 aromatic heterocycles. The Morgan fingerprint density at radius 3 is 2.23 bits per heavy atom. The van der Waals surface area contributed by atoms with Crippen LogP contribution in [0, 0.1) is 0 Å². The number of benzene rings is 4. The second-order valence-electron chi connectivity index (χ2n) is 10.3. The summed E-state index contributed by atoms with van der Waals surface area (Å²) in [6.07, 6.45) is 1.75. The zero-order valence-electron chi connectivity index (χ0n) is 23.9. The molecule has 0 radical (unpaired) electrons. The number of sulfonamides is 1. The molecule has 0 bridgehead atoms. The van der Waals surface area contributed by atoms with Gasteiger partial charge in [-0.05, 0) is 49.1 Å². The number of nitrogens with one attached hydrogen (secondary N) is 1. The summed E-state index contributed by atoms with van der Waals surface area (Å²) in [5.41, 5.74) is 3.18. The van der Waals surface area contributed by atoms with E-state index < -0.39 is 15.9 Å². The average Bonchev–Trinajstić information content (AvgIpc) is 3.55. The molecule has 0 saturated heterocycles. The fourth-order valence-electron chi connectivity index (χ4n) is 5.65. The van der Waals surface area contributed by atoms with E-state index in [1.54, 1.807) is 39.9 Å². The van der Waals surface area contributed by atoms with Crippen molar-refractivity contribution in [1.82, 2.24) is 9.29 Å². The maximum Gasteiger partial charge on any atom is 0.262 e. The summed E-state index contributed by atoms with van der Waals surface area (Å²) in [5.74, 6) is -0.0148. The Morgan fingerprint density at radius 1 is 0.860 bits per heavy atom. The first-order valence-electron chi connectivity index (χ1n) is 14.1. The third-order valence-corrected chi connectivity index (χ3v) is 8.69. The Balaban J connectivity index is 1.20. The van der Waals surface area contributed by atoms with Crippen LogP contribution in [0.1, 0.15) is 35.3 Å². The number of rotatable bonds is 10. The van der Waals surface area contributed by atoms with Gasteiger partial charge in [0.25, 0.3) is 11.8 Å². The number of hydrogen-bond acceptors (Lipinski definition) is 6. The van der Waals surface area contributed by atoms with E-state index in [1.165, 1.54) is 0 Å². The smallest absolute Gasteiger partial charge is 0.262 e. The van der Waals surface area contributed by atoms with Crippen molar-refractivity contribution in [3.05, 3.63) is 102 Å². The highest BCUT2D eigenvalue weighted by molar-refractivity contribution is 7.89. The lowest BCUT2D eigenvalue weighted by Crippen LogP contribution is -2.34. The van der Waals surface area contributed by atoms with Crippen molar-refractivity contribution in [1.29, 1.82) is 0 Å². The lowest BCUT2D eigenvalue weighted by molar-refractivity contribution is -0.119. The Labute approximate surface area is 249 Å². The lowest BCUT2D eigenvalue weighted by atomic mass is 9.99. The number of fused-ring (bicyclic) bond motifs is 3. The fourth-order valence-corrected chi connectivity index (χ4v) is 6.76. The van der Waals surface area contributed by atoms with Gasteiger partial charge in [0.1, 0.15) is 18.0 Å². The van der Waals surface area contributed by atoms with Crippen molar-refractivity contribution in [2.75, 3.05) is 18.1 Å². The summed E-state index contributed by atoms with van der Waals surface area (Å²) < 4.78 is 41.6. The van der Waals surface area contributed by atoms with Crippen LogP contribution in [0.5, 0.6) is 11.5 Å². The molecule has 5 aromatic rings. The van der Waals surface area contributed by atoms with E-state index in [4.69, 9.17) is 9.47 Å². The molecule has 1 aliphatic heterocycles. The molecule has 0 fully saturated rings. The topological polar surface area (TPSA) is 107 Å². The van der Waals surface area contributed by atoms with Gasteiger partial charge in [-0.15, -0.1) is 0 Å². The number of carbonyl (C=O) groups excluding carboxylic acids is 2. The monoisotopic (exact) mass is 597 g/mol. The fraction of sp³-hybridized carbons (Fsp3) is 0.212. The number of ether oxygens (including phenoxy) is 2. The van der Waals surface area contributed by atoms with Crippen molar-refractivity contribution in [3.63, 3.8) is 0 Å². The number of para-hydroxylation sites is 1. The number of carbonyl (C=O) groups is 2. The molecule has 4 aromatic carbocycles. The van der Waals surface area contributed by atoms with Crippen LogP contribution in [0.2, 0.25) is 0 Å². The van der Waals surface area contributed by atoms with Gasteiger partial charge in [0.2, 0.25) is 10.0 Å². The van der Waals surface area contributed by atoms with Crippen LogP contribution in [0.25, 0.3) is 21.7 Å². The number of nitrogens with zero attached hydrogens (tertiary/aromatic N) is 2. The molecule has 1 aliphatic rings. The van der Waals surface area contributed by atoms with Crippen LogP contribution < -0.4 is 19.1 Å². The zero-order valence-corrected chi connectivity index (χ0v) is 24.7. The maximum atomic E-state index is 13.8. The molecule has 0 saturated carbocycles. The molecule has 0 unspecified atom stereocenters. The van der Waals surface area contributed by atoms with E-state index in [-0.39, 0.29) is 24.7 Å². The average molecular weight is 598 g/mol. The van der Waals surface area contributed by atoms with Gasteiger partial charge in [0.05, 0.1) is 31.1 Å². The first kappa shape index (κ1) is 28.3. The molecule has 0 atom stereocenters. The van der Waals surface area contributed by atoms with E-state index in [9.17, 15) is 18.0 Å². The predicted molar refractivity (Wildman–Crippen MR) is 166 cm³/mol. The zero-order chi connectivity index (χ0) is 30.1. The molecule has 6 rings (SSSR count). The summed E-state index contributed by atoms with van der Waals surface area (Å²) in [5, 5.41) is 2.66. The van der Waals surface area contributed by atoms with Gasteiger partial charge in [-0.3, -0.25) is 14.3 Å². The molecule has 2 amide bonds. The predicted octanol–water partition coefficient (Wildman–Crippen LogP) is 5.40. The van der Waals surface area contributed by atoms with Gasteiger partial charge in [-0.2, -0.15) is 0 Å². The molecule has 2 heterocycles. The summed E-state index contributed by atoms with van der Waals surface area (Å²) in [7, 11) is -3.95. The van der Waals surface area contributed by atoms with Crippen molar-refractivity contribution in [2.45, 2.75) is 32.7 Å². The molecule has 43 heavy (non-hydrogen) atoms. The van der Waals surface area contributed by atoms with Crippen LogP contribution in [0.3, 0.4) is 0 Å². The summed E-state index contributed by atoms with van der Waals surface area (Å²) >= 11 is 0.